The molecule has 2 aromatic rings. The fraction of sp³-hybridized carbons (Fsp3) is 0.263. The third-order valence-corrected chi connectivity index (χ3v) is 4.02. The Labute approximate surface area is 160 Å². The van der Waals surface area contributed by atoms with E-state index in [4.69, 9.17) is 14.2 Å². The van der Waals surface area contributed by atoms with E-state index in [0.29, 0.717) is 5.69 Å². The second-order valence-electron chi connectivity index (χ2n) is 6.18. The number of hydrogen-bond donors (Lipinski definition) is 1. The summed E-state index contributed by atoms with van der Waals surface area (Å²) in [4.78, 5) is 35.4. The maximum absolute atomic E-state index is 12.5. The van der Waals surface area contributed by atoms with E-state index in [1.807, 2.05) is 13.0 Å². The zero-order chi connectivity index (χ0) is 20.3. The molecule has 2 aromatic carbocycles. The van der Waals surface area contributed by atoms with E-state index in [1.165, 1.54) is 13.0 Å². The van der Waals surface area contributed by atoms with Crippen LogP contribution in [0.3, 0.4) is 0 Å². The molecule has 9 nitrogen and oxygen atoms in total. The van der Waals surface area contributed by atoms with E-state index in [2.05, 4.69) is 5.32 Å². The first-order valence-electron chi connectivity index (χ1n) is 8.51. The van der Waals surface area contributed by atoms with Crippen LogP contribution in [0.5, 0.6) is 11.5 Å². The lowest BCUT2D eigenvalue weighted by Crippen LogP contribution is -2.30. The number of carbonyl (C=O) groups excluding carboxylic acids is 2. The van der Waals surface area contributed by atoms with Gasteiger partial charge in [0.1, 0.15) is 18.8 Å². The Balaban J connectivity index is 1.76. The molecule has 0 aliphatic carbocycles. The van der Waals surface area contributed by atoms with Crippen molar-refractivity contribution in [3.05, 3.63) is 57.6 Å². The summed E-state index contributed by atoms with van der Waals surface area (Å²) < 4.78 is 15.8. The fourth-order valence-electron chi connectivity index (χ4n) is 2.64. The highest BCUT2D eigenvalue weighted by Crippen LogP contribution is 2.37. The van der Waals surface area contributed by atoms with Crippen LogP contribution in [-0.4, -0.2) is 36.1 Å². The Morgan fingerprint density at radius 1 is 1.18 bits per heavy atom. The van der Waals surface area contributed by atoms with Gasteiger partial charge >= 0.3 is 5.97 Å². The van der Waals surface area contributed by atoms with Crippen molar-refractivity contribution >= 4 is 23.3 Å². The molecule has 0 spiro atoms. The lowest BCUT2D eigenvalue weighted by molar-refractivity contribution is -0.385. The van der Waals surface area contributed by atoms with E-state index >= 15 is 0 Å². The Bertz CT molecular complexity index is 942. The van der Waals surface area contributed by atoms with Gasteiger partial charge in [-0.15, -0.1) is 0 Å². The van der Waals surface area contributed by atoms with Gasteiger partial charge < -0.3 is 19.5 Å². The largest absolute Gasteiger partial charge is 0.486 e. The van der Waals surface area contributed by atoms with Crippen LogP contribution in [0.25, 0.3) is 0 Å². The van der Waals surface area contributed by atoms with E-state index in [0.717, 1.165) is 11.6 Å². The van der Waals surface area contributed by atoms with Crippen LogP contribution in [0.2, 0.25) is 0 Å². The standard InChI is InChI=1S/C19H18N2O7/c1-11-4-3-5-13(8-11)20-18(22)12(2)28-19(23)14-9-16-17(27-7-6-26-16)10-15(14)21(24)25/h3-5,8-10,12H,6-7H2,1-2H3,(H,20,22)/t12-/m1/s1. The van der Waals surface area contributed by atoms with Crippen molar-refractivity contribution in [1.29, 1.82) is 0 Å². The van der Waals surface area contributed by atoms with Gasteiger partial charge in [-0.3, -0.25) is 14.9 Å². The fourth-order valence-corrected chi connectivity index (χ4v) is 2.64. The minimum atomic E-state index is -1.17. The summed E-state index contributed by atoms with van der Waals surface area (Å²) in [6, 6.07) is 9.42. The molecular formula is C19H18N2O7. The molecule has 0 aromatic heterocycles. The Hall–Kier alpha value is -3.62. The number of aryl methyl sites for hydroxylation is 1. The molecule has 1 N–H and O–H groups in total. The highest BCUT2D eigenvalue weighted by atomic mass is 16.6. The number of nitro benzene ring substituents is 1. The molecule has 0 saturated heterocycles. The van der Waals surface area contributed by atoms with Crippen LogP contribution in [-0.2, 0) is 9.53 Å². The van der Waals surface area contributed by atoms with Crippen LogP contribution >= 0.6 is 0 Å². The van der Waals surface area contributed by atoms with Gasteiger partial charge in [-0.2, -0.15) is 0 Å². The van der Waals surface area contributed by atoms with Gasteiger partial charge in [-0.1, -0.05) is 12.1 Å². The quantitative estimate of drug-likeness (QED) is 0.477. The van der Waals surface area contributed by atoms with E-state index < -0.39 is 28.6 Å². The summed E-state index contributed by atoms with van der Waals surface area (Å²) in [5.74, 6) is -1.17. The topological polar surface area (TPSA) is 117 Å². The van der Waals surface area contributed by atoms with Crippen LogP contribution in [0, 0.1) is 17.0 Å². The minimum absolute atomic E-state index is 0.180. The zero-order valence-corrected chi connectivity index (χ0v) is 15.3. The van der Waals surface area contributed by atoms with Gasteiger partial charge in [-0.05, 0) is 31.5 Å². The van der Waals surface area contributed by atoms with E-state index in [-0.39, 0.29) is 30.3 Å². The summed E-state index contributed by atoms with van der Waals surface area (Å²) in [7, 11) is 0. The predicted molar refractivity (Wildman–Crippen MR) is 98.8 cm³/mol. The number of hydrogen-bond acceptors (Lipinski definition) is 7. The maximum Gasteiger partial charge on any atom is 0.346 e. The Kier molecular flexibility index (Phi) is 5.44. The molecule has 3 rings (SSSR count). The molecule has 0 radical (unpaired) electrons. The maximum atomic E-state index is 12.5. The molecule has 1 heterocycles. The van der Waals surface area contributed by atoms with Gasteiger partial charge in [0.05, 0.1) is 11.0 Å². The first-order chi connectivity index (χ1) is 13.3. The summed E-state index contributed by atoms with van der Waals surface area (Å²) in [5.41, 5.74) is 0.706. The minimum Gasteiger partial charge on any atom is -0.486 e. The first kappa shape index (κ1) is 19.2. The monoisotopic (exact) mass is 386 g/mol. The van der Waals surface area contributed by atoms with Gasteiger partial charge in [0, 0.05) is 11.8 Å². The molecular weight excluding hydrogens is 368 g/mol. The third kappa shape index (κ3) is 4.20. The van der Waals surface area contributed by atoms with E-state index in [1.54, 1.807) is 18.2 Å². The highest BCUT2D eigenvalue weighted by molar-refractivity contribution is 5.99. The van der Waals surface area contributed by atoms with Crippen LogP contribution in [0.1, 0.15) is 22.8 Å². The molecule has 1 aliphatic heterocycles. The van der Waals surface area contributed by atoms with Crippen LogP contribution in [0.15, 0.2) is 36.4 Å². The van der Waals surface area contributed by atoms with E-state index in [9.17, 15) is 19.7 Å². The average molecular weight is 386 g/mol. The summed E-state index contributed by atoms with van der Waals surface area (Å²) in [5, 5.41) is 14.0. The Morgan fingerprint density at radius 2 is 1.86 bits per heavy atom. The Morgan fingerprint density at radius 3 is 2.50 bits per heavy atom. The van der Waals surface area contributed by atoms with Crippen LogP contribution < -0.4 is 14.8 Å². The van der Waals surface area contributed by atoms with Crippen LogP contribution in [0.4, 0.5) is 11.4 Å². The predicted octanol–water partition coefficient (Wildman–Crippen LogP) is 2.86. The molecule has 1 atom stereocenters. The van der Waals surface area contributed by atoms with Crippen molar-refractivity contribution < 1.29 is 28.7 Å². The number of ether oxygens (including phenoxy) is 3. The molecule has 0 saturated carbocycles. The molecule has 0 unspecified atom stereocenters. The van der Waals surface area contributed by atoms with Crippen molar-refractivity contribution in [2.24, 2.45) is 0 Å². The zero-order valence-electron chi connectivity index (χ0n) is 15.3. The van der Waals surface area contributed by atoms with Crippen molar-refractivity contribution in [3.8, 4) is 11.5 Å². The summed E-state index contributed by atoms with van der Waals surface area (Å²) in [6.45, 7) is 3.77. The molecule has 1 amide bonds. The van der Waals surface area contributed by atoms with Gasteiger partial charge in [0.2, 0.25) is 0 Å². The smallest absolute Gasteiger partial charge is 0.346 e. The molecule has 0 fully saturated rings. The first-order valence-corrected chi connectivity index (χ1v) is 8.51. The molecule has 28 heavy (non-hydrogen) atoms. The average Bonchev–Trinajstić information content (AvgIpc) is 2.66. The molecule has 146 valence electrons. The number of anilines is 1. The van der Waals surface area contributed by atoms with Crippen molar-refractivity contribution in [2.45, 2.75) is 20.0 Å². The number of fused-ring (bicyclic) bond motifs is 1. The normalized spacial score (nSPS) is 13.4. The highest BCUT2D eigenvalue weighted by Gasteiger charge is 2.29. The lowest BCUT2D eigenvalue weighted by atomic mass is 10.1. The second-order valence-corrected chi connectivity index (χ2v) is 6.18. The summed E-state index contributed by atoms with van der Waals surface area (Å²) in [6.07, 6.45) is -1.17. The lowest BCUT2D eigenvalue weighted by Gasteiger charge is -2.19. The van der Waals surface area contributed by atoms with Gasteiger partial charge in [0.15, 0.2) is 17.6 Å². The SMILES string of the molecule is Cc1cccc(NC(=O)[C@@H](C)OC(=O)c2cc3c(cc2[N+](=O)[O-])OCCO3)c1. The number of rotatable bonds is 5. The number of nitrogens with zero attached hydrogens (tertiary/aromatic N) is 1. The number of carbonyl (C=O) groups is 2. The molecule has 9 heteroatoms. The number of amides is 1. The summed E-state index contributed by atoms with van der Waals surface area (Å²) >= 11 is 0. The van der Waals surface area contributed by atoms with Crippen molar-refractivity contribution in [1.82, 2.24) is 0 Å². The van der Waals surface area contributed by atoms with Gasteiger partial charge in [-0.25, -0.2) is 4.79 Å². The molecule has 0 bridgehead atoms. The number of benzene rings is 2. The van der Waals surface area contributed by atoms with Crippen molar-refractivity contribution in [3.63, 3.8) is 0 Å². The third-order valence-electron chi connectivity index (χ3n) is 4.02. The number of nitro groups is 1. The number of nitrogens with one attached hydrogen (secondary N) is 1. The van der Waals surface area contributed by atoms with Crippen molar-refractivity contribution in [2.75, 3.05) is 18.5 Å². The molecule has 1 aliphatic rings. The van der Waals surface area contributed by atoms with Gasteiger partial charge in [0.25, 0.3) is 11.6 Å². The number of esters is 1. The second kappa shape index (κ2) is 7.95.